The first-order valence-electron chi connectivity index (χ1n) is 11.8. The lowest BCUT2D eigenvalue weighted by atomic mass is 9.84. The SMILES string of the molecule is CN1CCN(C(=O)C[C@H]2C[C@H]3c4cc(NC(=O)CC5CC5)ccc4O[C@H]3[C@@H](CO)O2)CC1. The van der Waals surface area contributed by atoms with E-state index in [1.165, 1.54) is 0 Å². The smallest absolute Gasteiger partial charge is 0.225 e. The Hall–Kier alpha value is -2.16. The Balaban J connectivity index is 1.27. The molecule has 0 unspecified atom stereocenters. The van der Waals surface area contributed by atoms with Crippen molar-refractivity contribution < 1.29 is 24.2 Å². The molecule has 2 N–H and O–H groups in total. The van der Waals surface area contributed by atoms with Crippen LogP contribution in [0.15, 0.2) is 18.2 Å². The lowest BCUT2D eigenvalue weighted by Crippen LogP contribution is -2.50. The fourth-order valence-corrected chi connectivity index (χ4v) is 5.14. The molecule has 1 aliphatic carbocycles. The van der Waals surface area contributed by atoms with E-state index in [-0.39, 0.29) is 36.5 Å². The largest absolute Gasteiger partial charge is 0.487 e. The Morgan fingerprint density at radius 2 is 1.94 bits per heavy atom. The van der Waals surface area contributed by atoms with Gasteiger partial charge in [-0.25, -0.2) is 0 Å². The summed E-state index contributed by atoms with van der Waals surface area (Å²) in [7, 11) is 2.07. The number of likely N-dealkylation sites (N-methyl/N-ethyl adjacent to an activating group) is 1. The van der Waals surface area contributed by atoms with E-state index < -0.39 is 6.10 Å². The molecule has 3 aliphatic heterocycles. The highest BCUT2D eigenvalue weighted by molar-refractivity contribution is 5.91. The van der Waals surface area contributed by atoms with E-state index in [1.807, 2.05) is 23.1 Å². The number of ether oxygens (including phenoxy) is 2. The number of benzene rings is 1. The molecule has 5 rings (SSSR count). The molecule has 0 bridgehead atoms. The molecule has 3 heterocycles. The van der Waals surface area contributed by atoms with Crippen molar-refractivity contribution in [3.63, 3.8) is 0 Å². The summed E-state index contributed by atoms with van der Waals surface area (Å²) in [5, 5.41) is 13.0. The maximum atomic E-state index is 12.9. The van der Waals surface area contributed by atoms with Gasteiger partial charge in [-0.1, -0.05) is 0 Å². The number of carbonyl (C=O) groups excluding carboxylic acids is 2. The van der Waals surface area contributed by atoms with Crippen molar-refractivity contribution >= 4 is 17.5 Å². The molecule has 1 aromatic rings. The molecule has 2 amide bonds. The van der Waals surface area contributed by atoms with E-state index >= 15 is 0 Å². The molecule has 3 fully saturated rings. The number of anilines is 1. The van der Waals surface area contributed by atoms with Crippen molar-refractivity contribution in [2.75, 3.05) is 45.2 Å². The highest BCUT2D eigenvalue weighted by Crippen LogP contribution is 2.47. The second-order valence-corrected chi connectivity index (χ2v) is 9.74. The van der Waals surface area contributed by atoms with Crippen LogP contribution in [0, 0.1) is 5.92 Å². The van der Waals surface area contributed by atoms with Crippen LogP contribution in [-0.2, 0) is 14.3 Å². The molecule has 32 heavy (non-hydrogen) atoms. The average Bonchev–Trinajstić information content (AvgIpc) is 3.52. The van der Waals surface area contributed by atoms with E-state index in [9.17, 15) is 14.7 Å². The topological polar surface area (TPSA) is 91.3 Å². The van der Waals surface area contributed by atoms with E-state index in [2.05, 4.69) is 17.3 Å². The number of carbonyl (C=O) groups is 2. The summed E-state index contributed by atoms with van der Waals surface area (Å²) < 4.78 is 12.2. The van der Waals surface area contributed by atoms with Crippen molar-refractivity contribution in [2.24, 2.45) is 5.92 Å². The van der Waals surface area contributed by atoms with E-state index in [0.29, 0.717) is 25.2 Å². The van der Waals surface area contributed by atoms with Crippen LogP contribution in [0.4, 0.5) is 5.69 Å². The van der Waals surface area contributed by atoms with Gasteiger partial charge in [0.2, 0.25) is 11.8 Å². The summed E-state index contributed by atoms with van der Waals surface area (Å²) in [5.74, 6) is 1.50. The number of nitrogens with zero attached hydrogens (tertiary/aromatic N) is 2. The summed E-state index contributed by atoms with van der Waals surface area (Å²) in [6.07, 6.45) is 2.84. The highest BCUT2D eigenvalue weighted by atomic mass is 16.6. The van der Waals surface area contributed by atoms with Crippen molar-refractivity contribution in [3.8, 4) is 5.75 Å². The number of aliphatic hydroxyl groups is 1. The molecule has 4 aliphatic rings. The van der Waals surface area contributed by atoms with E-state index in [4.69, 9.17) is 9.47 Å². The minimum Gasteiger partial charge on any atom is -0.487 e. The summed E-state index contributed by atoms with van der Waals surface area (Å²) in [6.45, 7) is 3.11. The monoisotopic (exact) mass is 443 g/mol. The summed E-state index contributed by atoms with van der Waals surface area (Å²) in [5.41, 5.74) is 1.80. The second kappa shape index (κ2) is 9.00. The van der Waals surface area contributed by atoms with Gasteiger partial charge >= 0.3 is 0 Å². The Bertz CT molecular complexity index is 865. The number of hydrogen-bond acceptors (Lipinski definition) is 6. The molecule has 0 radical (unpaired) electrons. The molecule has 0 spiro atoms. The minimum atomic E-state index is -0.473. The first-order valence-corrected chi connectivity index (χ1v) is 11.8. The number of rotatable bonds is 6. The first-order chi connectivity index (χ1) is 15.5. The Morgan fingerprint density at radius 1 is 1.16 bits per heavy atom. The zero-order valence-electron chi connectivity index (χ0n) is 18.7. The van der Waals surface area contributed by atoms with Gasteiger partial charge < -0.3 is 29.7 Å². The quantitative estimate of drug-likeness (QED) is 0.694. The molecule has 4 atom stereocenters. The molecule has 1 aromatic carbocycles. The molecule has 1 saturated carbocycles. The third kappa shape index (κ3) is 4.63. The van der Waals surface area contributed by atoms with Gasteiger partial charge in [0.25, 0.3) is 0 Å². The summed E-state index contributed by atoms with van der Waals surface area (Å²) in [6, 6.07) is 5.74. The van der Waals surface area contributed by atoms with Crippen LogP contribution in [0.25, 0.3) is 0 Å². The van der Waals surface area contributed by atoms with Gasteiger partial charge in [-0.2, -0.15) is 0 Å². The Labute approximate surface area is 188 Å². The van der Waals surface area contributed by atoms with Crippen molar-refractivity contribution in [3.05, 3.63) is 23.8 Å². The standard InChI is InChI=1S/C24H33N3O5/c1-26-6-8-27(9-7-26)23(30)13-17-12-19-18-11-16(25-22(29)10-15-2-3-15)4-5-20(18)32-24(19)21(14-28)31-17/h4-5,11,15,17,19,21,24,28H,2-3,6-10,12-14H2,1H3,(H,25,29)/t17-,19+,21-,24-/m1/s1. The van der Waals surface area contributed by atoms with Gasteiger partial charge in [0.05, 0.1) is 19.1 Å². The van der Waals surface area contributed by atoms with Crippen LogP contribution < -0.4 is 10.1 Å². The van der Waals surface area contributed by atoms with Crippen molar-refractivity contribution in [1.29, 1.82) is 0 Å². The van der Waals surface area contributed by atoms with E-state index in [1.54, 1.807) is 0 Å². The van der Waals surface area contributed by atoms with Crippen LogP contribution in [0.5, 0.6) is 5.75 Å². The summed E-state index contributed by atoms with van der Waals surface area (Å²) >= 11 is 0. The van der Waals surface area contributed by atoms with Crippen LogP contribution in [0.3, 0.4) is 0 Å². The molecule has 8 nitrogen and oxygen atoms in total. The van der Waals surface area contributed by atoms with Gasteiger partial charge in [0.15, 0.2) is 0 Å². The maximum Gasteiger partial charge on any atom is 0.225 e. The molecule has 2 saturated heterocycles. The van der Waals surface area contributed by atoms with Gasteiger partial charge in [-0.15, -0.1) is 0 Å². The number of fused-ring (bicyclic) bond motifs is 3. The Morgan fingerprint density at radius 3 is 2.66 bits per heavy atom. The third-order valence-corrected chi connectivity index (χ3v) is 7.21. The second-order valence-electron chi connectivity index (χ2n) is 9.74. The maximum absolute atomic E-state index is 12.9. The first kappa shape index (κ1) is 21.7. The zero-order chi connectivity index (χ0) is 22.2. The van der Waals surface area contributed by atoms with Gasteiger partial charge in [0.1, 0.15) is 18.0 Å². The Kier molecular flexibility index (Phi) is 6.09. The van der Waals surface area contributed by atoms with Crippen LogP contribution in [-0.4, -0.2) is 84.9 Å². The van der Waals surface area contributed by atoms with Gasteiger partial charge in [-0.05, 0) is 50.4 Å². The zero-order valence-corrected chi connectivity index (χ0v) is 18.7. The van der Waals surface area contributed by atoms with Crippen LogP contribution in [0.2, 0.25) is 0 Å². The predicted molar refractivity (Wildman–Crippen MR) is 119 cm³/mol. The average molecular weight is 444 g/mol. The van der Waals surface area contributed by atoms with Crippen molar-refractivity contribution in [2.45, 2.75) is 56.3 Å². The normalized spacial score (nSPS) is 29.8. The lowest BCUT2D eigenvalue weighted by molar-refractivity contribution is -0.150. The lowest BCUT2D eigenvalue weighted by Gasteiger charge is -2.38. The number of piperazine rings is 1. The molecule has 174 valence electrons. The van der Waals surface area contributed by atoms with Gasteiger partial charge in [-0.3, -0.25) is 9.59 Å². The van der Waals surface area contributed by atoms with Gasteiger partial charge in [0, 0.05) is 49.8 Å². The minimum absolute atomic E-state index is 0.0291. The molecule has 8 heteroatoms. The summed E-state index contributed by atoms with van der Waals surface area (Å²) in [4.78, 5) is 29.2. The van der Waals surface area contributed by atoms with Crippen molar-refractivity contribution in [1.82, 2.24) is 9.80 Å². The number of amides is 2. The molecular formula is C24H33N3O5. The third-order valence-electron chi connectivity index (χ3n) is 7.21. The number of aliphatic hydroxyl groups excluding tert-OH is 1. The highest BCUT2D eigenvalue weighted by Gasteiger charge is 2.46. The van der Waals surface area contributed by atoms with E-state index in [0.717, 1.165) is 56.0 Å². The fraction of sp³-hybridized carbons (Fsp3) is 0.667. The predicted octanol–water partition coefficient (Wildman–Crippen LogP) is 1.58. The molecular weight excluding hydrogens is 410 g/mol. The molecule has 0 aromatic heterocycles. The number of hydrogen-bond donors (Lipinski definition) is 2. The van der Waals surface area contributed by atoms with Crippen LogP contribution >= 0.6 is 0 Å². The number of nitrogens with one attached hydrogen (secondary N) is 1. The fourth-order valence-electron chi connectivity index (χ4n) is 5.14. The van der Waals surface area contributed by atoms with Crippen LogP contribution in [0.1, 0.15) is 43.6 Å².